The van der Waals surface area contributed by atoms with E-state index < -0.39 is 0 Å². The Balaban J connectivity index is 2.00. The zero-order valence-corrected chi connectivity index (χ0v) is 11.0. The number of hydrogen-bond acceptors (Lipinski definition) is 4. The summed E-state index contributed by atoms with van der Waals surface area (Å²) >= 11 is 0. The van der Waals surface area contributed by atoms with Crippen LogP contribution in [0, 0.1) is 12.8 Å². The van der Waals surface area contributed by atoms with Gasteiger partial charge in [-0.15, -0.1) is 0 Å². The van der Waals surface area contributed by atoms with Crippen LogP contribution in [0.2, 0.25) is 0 Å². The van der Waals surface area contributed by atoms with Gasteiger partial charge in [-0.25, -0.2) is 9.97 Å². The molecule has 0 aromatic carbocycles. The molecule has 0 bridgehead atoms. The molecule has 17 heavy (non-hydrogen) atoms. The van der Waals surface area contributed by atoms with E-state index in [1.807, 2.05) is 20.0 Å². The molecule has 0 radical (unpaired) electrons. The quantitative estimate of drug-likeness (QED) is 0.844. The Kier molecular flexibility index (Phi) is 3.82. The van der Waals surface area contributed by atoms with E-state index in [1.54, 1.807) is 0 Å². The molecule has 1 aliphatic rings. The minimum atomic E-state index is 0.574. The van der Waals surface area contributed by atoms with Crippen LogP contribution < -0.4 is 10.6 Å². The third kappa shape index (κ3) is 3.32. The Morgan fingerprint density at radius 1 is 1.12 bits per heavy atom. The molecule has 0 saturated heterocycles. The van der Waals surface area contributed by atoms with Gasteiger partial charge in [0.15, 0.2) is 0 Å². The molecule has 4 nitrogen and oxygen atoms in total. The largest absolute Gasteiger partial charge is 0.373 e. The Bertz CT molecular complexity index is 370. The fourth-order valence-electron chi connectivity index (χ4n) is 2.38. The molecule has 1 heterocycles. The second-order valence-corrected chi connectivity index (χ2v) is 5.04. The summed E-state index contributed by atoms with van der Waals surface area (Å²) in [6.45, 7) is 4.26. The molecular formula is C13H22N4. The molecule has 94 valence electrons. The standard InChI is InChI=1S/C13H22N4/c1-9-4-6-11(7-5-9)17-13-8-12(14-3)15-10(2)16-13/h8-9,11H,4-7H2,1-3H3,(H2,14,15,16,17). The predicted molar refractivity (Wildman–Crippen MR) is 71.4 cm³/mol. The first kappa shape index (κ1) is 12.1. The zero-order valence-electron chi connectivity index (χ0n) is 11.0. The van der Waals surface area contributed by atoms with E-state index in [0.717, 1.165) is 23.4 Å². The topological polar surface area (TPSA) is 49.8 Å². The van der Waals surface area contributed by atoms with Gasteiger partial charge in [0.1, 0.15) is 17.5 Å². The van der Waals surface area contributed by atoms with Crippen LogP contribution in [0.1, 0.15) is 38.4 Å². The van der Waals surface area contributed by atoms with Gasteiger partial charge in [-0.05, 0) is 38.5 Å². The summed E-state index contributed by atoms with van der Waals surface area (Å²) in [6, 6.07) is 2.55. The van der Waals surface area contributed by atoms with Crippen molar-refractivity contribution >= 4 is 11.6 Å². The van der Waals surface area contributed by atoms with Crippen molar-refractivity contribution in [2.45, 2.75) is 45.6 Å². The molecule has 1 fully saturated rings. The molecule has 1 aromatic rings. The Hall–Kier alpha value is -1.32. The highest BCUT2D eigenvalue weighted by molar-refractivity contribution is 5.47. The summed E-state index contributed by atoms with van der Waals surface area (Å²) in [5.41, 5.74) is 0. The van der Waals surface area contributed by atoms with Crippen LogP contribution in [0.3, 0.4) is 0 Å². The van der Waals surface area contributed by atoms with Gasteiger partial charge >= 0.3 is 0 Å². The van der Waals surface area contributed by atoms with Gasteiger partial charge in [-0.3, -0.25) is 0 Å². The van der Waals surface area contributed by atoms with E-state index in [4.69, 9.17) is 0 Å². The molecular weight excluding hydrogens is 212 g/mol. The lowest BCUT2D eigenvalue weighted by atomic mass is 9.87. The summed E-state index contributed by atoms with van der Waals surface area (Å²) in [5, 5.41) is 6.59. The van der Waals surface area contributed by atoms with Gasteiger partial charge in [0, 0.05) is 19.2 Å². The SMILES string of the molecule is CNc1cc(NC2CCC(C)CC2)nc(C)n1. The van der Waals surface area contributed by atoms with Crippen LogP contribution in [-0.2, 0) is 0 Å². The lowest BCUT2D eigenvalue weighted by Gasteiger charge is -2.27. The Morgan fingerprint density at radius 3 is 2.41 bits per heavy atom. The smallest absolute Gasteiger partial charge is 0.132 e. The summed E-state index contributed by atoms with van der Waals surface area (Å²) in [7, 11) is 1.88. The monoisotopic (exact) mass is 234 g/mol. The lowest BCUT2D eigenvalue weighted by molar-refractivity contribution is 0.361. The van der Waals surface area contributed by atoms with Gasteiger partial charge in [0.05, 0.1) is 0 Å². The number of aryl methyl sites for hydroxylation is 1. The Labute approximate surface area is 103 Å². The van der Waals surface area contributed by atoms with Crippen molar-refractivity contribution in [2.24, 2.45) is 5.92 Å². The second kappa shape index (κ2) is 5.34. The molecule has 2 rings (SSSR count). The summed E-state index contributed by atoms with van der Waals surface area (Å²) in [4.78, 5) is 8.73. The van der Waals surface area contributed by atoms with Crippen LogP contribution in [-0.4, -0.2) is 23.1 Å². The highest BCUT2D eigenvalue weighted by Crippen LogP contribution is 2.25. The van der Waals surface area contributed by atoms with E-state index >= 15 is 0 Å². The normalized spacial score (nSPS) is 24.4. The molecule has 0 unspecified atom stereocenters. The van der Waals surface area contributed by atoms with E-state index in [-0.39, 0.29) is 0 Å². The first-order chi connectivity index (χ1) is 8.17. The Morgan fingerprint density at radius 2 is 1.76 bits per heavy atom. The van der Waals surface area contributed by atoms with Crippen LogP contribution in [0.15, 0.2) is 6.07 Å². The molecule has 2 N–H and O–H groups in total. The third-order valence-electron chi connectivity index (χ3n) is 3.46. The average molecular weight is 234 g/mol. The maximum atomic E-state index is 4.43. The average Bonchev–Trinajstić information content (AvgIpc) is 2.31. The van der Waals surface area contributed by atoms with Gasteiger partial charge in [0.25, 0.3) is 0 Å². The van der Waals surface area contributed by atoms with Crippen molar-refractivity contribution in [1.29, 1.82) is 0 Å². The van der Waals surface area contributed by atoms with Gasteiger partial charge in [0.2, 0.25) is 0 Å². The van der Waals surface area contributed by atoms with E-state index in [0.29, 0.717) is 6.04 Å². The number of anilines is 2. The van der Waals surface area contributed by atoms with Crippen LogP contribution in [0.4, 0.5) is 11.6 Å². The maximum Gasteiger partial charge on any atom is 0.132 e. The van der Waals surface area contributed by atoms with E-state index in [1.165, 1.54) is 25.7 Å². The molecule has 0 aliphatic heterocycles. The second-order valence-electron chi connectivity index (χ2n) is 5.04. The fourth-order valence-corrected chi connectivity index (χ4v) is 2.38. The number of hydrogen-bond donors (Lipinski definition) is 2. The minimum Gasteiger partial charge on any atom is -0.373 e. The predicted octanol–water partition coefficient (Wildman–Crippen LogP) is 2.82. The summed E-state index contributed by atoms with van der Waals surface area (Å²) in [5.74, 6) is 3.52. The first-order valence-corrected chi connectivity index (χ1v) is 6.47. The van der Waals surface area contributed by atoms with Crippen molar-refractivity contribution in [3.63, 3.8) is 0 Å². The van der Waals surface area contributed by atoms with E-state index in [2.05, 4.69) is 27.5 Å². The van der Waals surface area contributed by atoms with Crippen molar-refractivity contribution in [3.8, 4) is 0 Å². The highest BCUT2D eigenvalue weighted by atomic mass is 15.1. The molecule has 4 heteroatoms. The minimum absolute atomic E-state index is 0.574. The van der Waals surface area contributed by atoms with Crippen LogP contribution in [0.25, 0.3) is 0 Å². The van der Waals surface area contributed by atoms with Crippen molar-refractivity contribution in [3.05, 3.63) is 11.9 Å². The van der Waals surface area contributed by atoms with Crippen LogP contribution in [0.5, 0.6) is 0 Å². The van der Waals surface area contributed by atoms with Crippen LogP contribution >= 0.6 is 0 Å². The zero-order chi connectivity index (χ0) is 12.3. The highest BCUT2D eigenvalue weighted by Gasteiger charge is 2.18. The molecule has 1 saturated carbocycles. The van der Waals surface area contributed by atoms with Crippen molar-refractivity contribution < 1.29 is 0 Å². The van der Waals surface area contributed by atoms with Gasteiger partial charge in [-0.2, -0.15) is 0 Å². The van der Waals surface area contributed by atoms with Crippen molar-refractivity contribution in [2.75, 3.05) is 17.7 Å². The molecule has 0 spiro atoms. The third-order valence-corrected chi connectivity index (χ3v) is 3.46. The number of rotatable bonds is 3. The summed E-state index contributed by atoms with van der Waals surface area (Å²) < 4.78 is 0. The first-order valence-electron chi connectivity index (χ1n) is 6.47. The molecule has 1 aliphatic carbocycles. The van der Waals surface area contributed by atoms with E-state index in [9.17, 15) is 0 Å². The van der Waals surface area contributed by atoms with Gasteiger partial charge in [-0.1, -0.05) is 6.92 Å². The molecule has 1 aromatic heterocycles. The lowest BCUT2D eigenvalue weighted by Crippen LogP contribution is -2.25. The number of aromatic nitrogens is 2. The number of nitrogens with zero attached hydrogens (tertiary/aromatic N) is 2. The molecule has 0 amide bonds. The van der Waals surface area contributed by atoms with Crippen molar-refractivity contribution in [1.82, 2.24) is 9.97 Å². The number of nitrogens with one attached hydrogen (secondary N) is 2. The molecule has 0 atom stereocenters. The summed E-state index contributed by atoms with van der Waals surface area (Å²) in [6.07, 6.45) is 5.14. The van der Waals surface area contributed by atoms with Gasteiger partial charge < -0.3 is 10.6 Å². The fraction of sp³-hybridized carbons (Fsp3) is 0.692. The maximum absolute atomic E-state index is 4.43.